The van der Waals surface area contributed by atoms with Gasteiger partial charge in [0.1, 0.15) is 0 Å². The van der Waals surface area contributed by atoms with E-state index in [0.717, 1.165) is 17.7 Å². The van der Waals surface area contributed by atoms with Gasteiger partial charge in [-0.15, -0.1) is 0 Å². The van der Waals surface area contributed by atoms with Gasteiger partial charge in [0.05, 0.1) is 184 Å². The summed E-state index contributed by atoms with van der Waals surface area (Å²) in [5.41, 5.74) is 3.03. The van der Waals surface area contributed by atoms with Crippen LogP contribution in [0.3, 0.4) is 0 Å². The fraction of sp³-hybridized carbons (Fsp3) is 0.700. The van der Waals surface area contributed by atoms with Gasteiger partial charge >= 0.3 is 47.8 Å². The number of aliphatic carboxylic acids is 8. The minimum atomic E-state index is -1.10. The third-order valence-electron chi connectivity index (χ3n) is 19.4. The van der Waals surface area contributed by atoms with E-state index in [4.69, 9.17) is 71.8 Å². The number of benzene rings is 2. The summed E-state index contributed by atoms with van der Waals surface area (Å²) < 4.78 is 55.8. The molecule has 43 nitrogen and oxygen atoms in total. The van der Waals surface area contributed by atoms with E-state index in [1.807, 2.05) is 55.5 Å². The number of nitrogens with one attached hydrogen (secondary N) is 6. The summed E-state index contributed by atoms with van der Waals surface area (Å²) in [6.45, 7) is 12.7. The summed E-state index contributed by atoms with van der Waals surface area (Å²) in [5, 5.41) is 96.6. The first-order valence-electron chi connectivity index (χ1n) is 42.1. The van der Waals surface area contributed by atoms with E-state index in [2.05, 4.69) is 36.8 Å². The van der Waals surface area contributed by atoms with Crippen LogP contribution >= 0.6 is 24.4 Å². The van der Waals surface area contributed by atoms with Crippen molar-refractivity contribution >= 4 is 106 Å². The number of amides is 2. The maximum Gasteiger partial charge on any atom is 0.317 e. The number of hydrogen-bond acceptors (Lipinski definition) is 31. The van der Waals surface area contributed by atoms with E-state index < -0.39 is 59.8 Å². The smallest absolute Gasteiger partial charge is 0.317 e. The molecule has 2 amide bonds. The van der Waals surface area contributed by atoms with Crippen molar-refractivity contribution in [2.24, 2.45) is 0 Å². The maximum absolute atomic E-state index is 12.4. The molecular weight excluding hydrogens is 1860 g/mol. The number of carbonyl (C=O) groups excluding carboxylic acids is 2. The Labute approximate surface area is 803 Å². The second kappa shape index (κ2) is 73.5. The number of carboxylic acids is 8. The van der Waals surface area contributed by atoms with Crippen LogP contribution in [0.4, 0.5) is 11.4 Å². The molecule has 0 aromatic heterocycles. The Kier molecular flexibility index (Phi) is 67.8. The molecule has 0 aliphatic carbocycles. The quantitative estimate of drug-likeness (QED) is 0.0238. The van der Waals surface area contributed by atoms with Gasteiger partial charge in [0.25, 0.3) is 0 Å². The minimum Gasteiger partial charge on any atom is -0.480 e. The van der Waals surface area contributed by atoms with Crippen molar-refractivity contribution in [2.45, 2.75) is 44.7 Å². The van der Waals surface area contributed by atoms with Crippen molar-refractivity contribution in [3.05, 3.63) is 59.7 Å². The fourth-order valence-electron chi connectivity index (χ4n) is 13.1. The van der Waals surface area contributed by atoms with Gasteiger partial charge in [-0.25, -0.2) is 0 Å². The molecule has 2 aliphatic rings. The molecule has 0 bridgehead atoms. The number of hydrogen-bond donors (Lipinski definition) is 14. The van der Waals surface area contributed by atoms with E-state index in [0.29, 0.717) is 193 Å². The van der Waals surface area contributed by atoms with Crippen molar-refractivity contribution in [3.63, 3.8) is 0 Å². The first-order valence-corrected chi connectivity index (χ1v) is 42.9. The van der Waals surface area contributed by atoms with Gasteiger partial charge in [-0.2, -0.15) is 0 Å². The SMILES string of the molecule is CCN(CCNC(=O)CCOCCOCCOCCOCCOCCNC(=S)Nc1ccc(CC2CN(CC(=O)O)CCN(CC(=O)O)CCN(CC(=O)O)CCN2CC(=O)O)cc1)CCNC(=O)CCOCCOCCOCCOCCOCCNC(=S)Nc1ccc(CC2CN(CC(=O)O)CCN(CC(=O)O)CCN(CC(=O)O)CCN2CC(=O)O)cc1.[Y].[Y]. The summed E-state index contributed by atoms with van der Waals surface area (Å²) in [6, 6.07) is 13.7. The Morgan fingerprint density at radius 3 is 0.819 bits per heavy atom. The average molecular weight is 1990 g/mol. The molecule has 2 atom stereocenters. The predicted octanol–water partition coefficient (Wildman–Crippen LogP) is -2.60. The van der Waals surface area contributed by atoms with E-state index in [9.17, 15) is 88.8 Å². The summed E-state index contributed by atoms with van der Waals surface area (Å²) >= 11 is 11.0. The largest absolute Gasteiger partial charge is 0.480 e. The molecule has 2 aliphatic heterocycles. The Hall–Kier alpha value is -6.03. The molecule has 14 N–H and O–H groups in total. The van der Waals surface area contributed by atoms with Crippen LogP contribution in [-0.4, -0.2) is 489 Å². The van der Waals surface area contributed by atoms with E-state index in [-0.39, 0.29) is 247 Å². The maximum atomic E-state index is 12.4. The minimum absolute atomic E-state index is 0. The molecule has 2 aromatic carbocycles. The molecule has 127 heavy (non-hydrogen) atoms. The van der Waals surface area contributed by atoms with Crippen LogP contribution in [0.2, 0.25) is 0 Å². The zero-order chi connectivity index (χ0) is 91.0. The molecule has 47 heteroatoms. The molecule has 4 rings (SSSR count). The van der Waals surface area contributed by atoms with Crippen molar-refractivity contribution in [1.29, 1.82) is 0 Å². The monoisotopic (exact) mass is 1990 g/mol. The number of ether oxygens (including phenoxy) is 10. The van der Waals surface area contributed by atoms with Gasteiger partial charge in [0.2, 0.25) is 11.8 Å². The van der Waals surface area contributed by atoms with Crippen molar-refractivity contribution in [2.75, 3.05) is 333 Å². The first-order chi connectivity index (χ1) is 60.2. The number of thiocarbonyl (C=S) groups is 2. The zero-order valence-corrected chi connectivity index (χ0v) is 80.3. The molecular formula is C80H133N15O28S2Y2. The summed E-state index contributed by atoms with van der Waals surface area (Å²) in [4.78, 5) is 135. The molecule has 2 fully saturated rings. The van der Waals surface area contributed by atoms with Crippen molar-refractivity contribution in [3.8, 4) is 0 Å². The van der Waals surface area contributed by atoms with Gasteiger partial charge in [0.15, 0.2) is 10.2 Å². The van der Waals surface area contributed by atoms with Crippen molar-refractivity contribution in [1.82, 2.24) is 65.4 Å². The van der Waals surface area contributed by atoms with E-state index >= 15 is 0 Å². The average Bonchev–Trinajstić information content (AvgIpc) is 0.854. The second-order valence-electron chi connectivity index (χ2n) is 29.3. The van der Waals surface area contributed by atoms with Gasteiger partial charge in [0, 0.05) is 233 Å². The standard InChI is InChI=1S/C80H133N15O28S2.2Y/c1-2-87(17-13-81-69(96)11-31-114-35-39-118-43-47-122-49-45-120-41-37-116-33-15-83-79(124)85-65-7-3-63(4-8-65)51-67-53-92(59-75(106)107)25-23-88(55-71(98)99)19-21-90(57-73(102)103)27-29-94(67)61-77(110)111)18-14-82-70(97)12-32-115-36-40-119-44-48-123-50-46-121-42-38-117-34-16-84-80(125)86-66-9-5-64(6-10-66)52-68-54-93(60-76(108)109)26-24-89(56-72(100)101)20-22-91(58-74(104)105)28-30-95(68)62-78(112)113;;/h3-10,67-68H,2,11-62H2,1H3,(H,81,96)(H,82,97)(H,98,99)(H,100,101)(H,102,103)(H,104,105)(H,106,107)(H,108,109)(H,110,111)(H,112,113)(H2,83,85,124)(H2,84,86,125);;. The number of rotatable bonds is 65. The molecule has 2 saturated heterocycles. The summed E-state index contributed by atoms with van der Waals surface area (Å²) in [6.07, 6.45) is 1.08. The Morgan fingerprint density at radius 2 is 0.559 bits per heavy atom. The number of likely N-dealkylation sites (N-methyl/N-ethyl adjacent to an activating group) is 1. The molecule has 2 unspecified atom stereocenters. The van der Waals surface area contributed by atoms with Crippen molar-refractivity contribution < 1.29 is 202 Å². The van der Waals surface area contributed by atoms with Gasteiger partial charge in [-0.3, -0.25) is 87.1 Å². The number of nitrogens with zero attached hydrogens (tertiary/aromatic N) is 9. The first kappa shape index (κ1) is 117. The van der Waals surface area contributed by atoms with E-state index in [1.54, 1.807) is 39.2 Å². The fourth-order valence-corrected chi connectivity index (χ4v) is 13.6. The van der Waals surface area contributed by atoms with Crippen LogP contribution in [0, 0.1) is 0 Å². The van der Waals surface area contributed by atoms with Crippen LogP contribution in [0.25, 0.3) is 0 Å². The third-order valence-corrected chi connectivity index (χ3v) is 19.9. The molecule has 714 valence electrons. The predicted molar refractivity (Wildman–Crippen MR) is 465 cm³/mol. The normalized spacial score (nSPS) is 16.1. The van der Waals surface area contributed by atoms with Crippen LogP contribution in [0.1, 0.15) is 30.9 Å². The molecule has 0 saturated carbocycles. The number of anilines is 2. The Morgan fingerprint density at radius 1 is 0.323 bits per heavy atom. The Bertz CT molecular complexity index is 3230. The second-order valence-corrected chi connectivity index (χ2v) is 30.1. The summed E-state index contributed by atoms with van der Waals surface area (Å²) in [5.74, 6) is -8.92. The number of carbonyl (C=O) groups is 10. The molecule has 2 radical (unpaired) electrons. The summed E-state index contributed by atoms with van der Waals surface area (Å²) in [7, 11) is 0. The van der Waals surface area contributed by atoms with Crippen LogP contribution in [0.5, 0.6) is 0 Å². The van der Waals surface area contributed by atoms with Gasteiger partial charge < -0.3 is 125 Å². The number of carboxylic acid groups (broad SMARTS) is 8. The molecule has 0 spiro atoms. The topological polar surface area (TPSA) is 526 Å². The van der Waals surface area contributed by atoms with Crippen LogP contribution in [-0.2, 0) is 174 Å². The zero-order valence-electron chi connectivity index (χ0n) is 73.0. The molecule has 2 heterocycles. The van der Waals surface area contributed by atoms with Crippen LogP contribution in [0.15, 0.2) is 48.5 Å². The third kappa shape index (κ3) is 62.1. The Balaban J connectivity index is 0.0000273. The van der Waals surface area contributed by atoms with E-state index in [1.165, 1.54) is 0 Å². The van der Waals surface area contributed by atoms with Crippen LogP contribution < -0.4 is 31.9 Å². The van der Waals surface area contributed by atoms with Gasteiger partial charge in [-0.05, 0) is 79.2 Å². The molecule has 2 aromatic rings. The van der Waals surface area contributed by atoms with Gasteiger partial charge in [-0.1, -0.05) is 31.2 Å².